The van der Waals surface area contributed by atoms with Crippen LogP contribution in [0.25, 0.3) is 48.1 Å². The standard InChI is InChI=1S/C23H14N2OS/c26-15-11-9-14(10-12-15)20-13-17-16-5-1-4-8-21(16)27-22(17)23-24-18-6-2-3-7-19(18)25(20)23/h1-13,26H. The third kappa shape index (κ3) is 2.04. The predicted octanol–water partition coefficient (Wildman–Crippen LogP) is 6.23. The van der Waals surface area contributed by atoms with Crippen molar-refractivity contribution in [1.29, 1.82) is 0 Å². The van der Waals surface area contributed by atoms with Gasteiger partial charge in [-0.05, 0) is 54.1 Å². The fourth-order valence-electron chi connectivity index (χ4n) is 3.84. The van der Waals surface area contributed by atoms with Gasteiger partial charge in [0.2, 0.25) is 0 Å². The third-order valence-corrected chi connectivity index (χ3v) is 6.27. The summed E-state index contributed by atoms with van der Waals surface area (Å²) in [4.78, 5) is 4.97. The number of nitrogens with zero attached hydrogens (tertiary/aromatic N) is 2. The van der Waals surface area contributed by atoms with E-state index in [0.29, 0.717) is 0 Å². The zero-order valence-electron chi connectivity index (χ0n) is 14.3. The Labute approximate surface area is 158 Å². The molecule has 0 aliphatic carbocycles. The molecular formula is C23H14N2OS. The van der Waals surface area contributed by atoms with E-state index >= 15 is 0 Å². The number of thiophene rings is 1. The number of aromatic nitrogens is 2. The number of benzene rings is 3. The molecule has 0 fully saturated rings. The Kier molecular flexibility index (Phi) is 2.91. The molecule has 0 saturated carbocycles. The number of phenols is 1. The van der Waals surface area contributed by atoms with Gasteiger partial charge < -0.3 is 5.11 Å². The minimum absolute atomic E-state index is 0.271. The van der Waals surface area contributed by atoms with Crippen LogP contribution in [0.4, 0.5) is 0 Å². The first-order chi connectivity index (χ1) is 13.3. The summed E-state index contributed by atoms with van der Waals surface area (Å²) in [5, 5.41) is 12.2. The van der Waals surface area contributed by atoms with Crippen LogP contribution in [-0.4, -0.2) is 14.5 Å². The molecule has 3 aromatic heterocycles. The molecule has 6 rings (SSSR count). The Morgan fingerprint density at radius 1 is 0.815 bits per heavy atom. The normalized spacial score (nSPS) is 11.9. The summed E-state index contributed by atoms with van der Waals surface area (Å²) in [7, 11) is 0. The topological polar surface area (TPSA) is 37.5 Å². The van der Waals surface area contributed by atoms with Gasteiger partial charge in [-0.1, -0.05) is 30.3 Å². The molecule has 128 valence electrons. The van der Waals surface area contributed by atoms with E-state index in [1.54, 1.807) is 23.5 Å². The van der Waals surface area contributed by atoms with Gasteiger partial charge in [0, 0.05) is 15.5 Å². The number of aromatic hydroxyl groups is 1. The van der Waals surface area contributed by atoms with Gasteiger partial charge in [0.1, 0.15) is 5.75 Å². The highest BCUT2D eigenvalue weighted by Gasteiger charge is 2.17. The van der Waals surface area contributed by atoms with Crippen LogP contribution < -0.4 is 0 Å². The van der Waals surface area contributed by atoms with Crippen LogP contribution in [-0.2, 0) is 0 Å². The number of hydrogen-bond donors (Lipinski definition) is 1. The summed E-state index contributed by atoms with van der Waals surface area (Å²) in [5.74, 6) is 0.271. The lowest BCUT2D eigenvalue weighted by molar-refractivity contribution is 0.475. The lowest BCUT2D eigenvalue weighted by Crippen LogP contribution is -1.92. The molecule has 3 aromatic carbocycles. The smallest absolute Gasteiger partial charge is 0.156 e. The van der Waals surface area contributed by atoms with Crippen molar-refractivity contribution in [2.45, 2.75) is 0 Å². The first-order valence-corrected chi connectivity index (χ1v) is 9.62. The van der Waals surface area contributed by atoms with Crippen LogP contribution >= 0.6 is 11.3 Å². The number of imidazole rings is 1. The molecule has 0 spiro atoms. The highest BCUT2D eigenvalue weighted by molar-refractivity contribution is 7.26. The Morgan fingerprint density at radius 3 is 2.48 bits per heavy atom. The second-order valence-electron chi connectivity index (χ2n) is 6.68. The monoisotopic (exact) mass is 366 g/mol. The molecule has 0 saturated heterocycles. The molecular weight excluding hydrogens is 352 g/mol. The first-order valence-electron chi connectivity index (χ1n) is 8.80. The fraction of sp³-hybridized carbons (Fsp3) is 0. The van der Waals surface area contributed by atoms with Crippen molar-refractivity contribution in [3.05, 3.63) is 78.9 Å². The van der Waals surface area contributed by atoms with Crippen LogP contribution in [0.5, 0.6) is 5.75 Å². The van der Waals surface area contributed by atoms with Gasteiger partial charge in [0.25, 0.3) is 0 Å². The molecule has 0 radical (unpaired) electrons. The molecule has 0 bridgehead atoms. The SMILES string of the molecule is Oc1ccc(-c2cc3c4ccccc4sc3c3nc4ccccc4n23)cc1. The van der Waals surface area contributed by atoms with Crippen molar-refractivity contribution < 1.29 is 5.11 Å². The molecule has 6 aromatic rings. The average Bonchev–Trinajstić information content (AvgIpc) is 3.27. The van der Waals surface area contributed by atoms with Gasteiger partial charge in [0.15, 0.2) is 5.65 Å². The number of pyridine rings is 1. The predicted molar refractivity (Wildman–Crippen MR) is 113 cm³/mol. The van der Waals surface area contributed by atoms with Crippen molar-refractivity contribution in [1.82, 2.24) is 9.38 Å². The van der Waals surface area contributed by atoms with Gasteiger partial charge in [-0.3, -0.25) is 4.40 Å². The summed E-state index contributed by atoms with van der Waals surface area (Å²) < 4.78 is 4.71. The lowest BCUT2D eigenvalue weighted by atomic mass is 10.1. The fourth-order valence-corrected chi connectivity index (χ4v) is 5.00. The Hall–Kier alpha value is -3.37. The van der Waals surface area contributed by atoms with E-state index in [2.05, 4.69) is 46.9 Å². The van der Waals surface area contributed by atoms with Crippen molar-refractivity contribution in [2.24, 2.45) is 0 Å². The Balaban J connectivity index is 1.88. The summed E-state index contributed by atoms with van der Waals surface area (Å²) in [6.45, 7) is 0. The number of fused-ring (bicyclic) bond motifs is 7. The highest BCUT2D eigenvalue weighted by Crippen LogP contribution is 2.40. The molecule has 0 aliphatic heterocycles. The Morgan fingerprint density at radius 2 is 1.59 bits per heavy atom. The van der Waals surface area contributed by atoms with Gasteiger partial charge >= 0.3 is 0 Å². The number of phenolic OH excluding ortho intramolecular Hbond substituents is 1. The number of rotatable bonds is 1. The molecule has 3 nitrogen and oxygen atoms in total. The molecule has 0 amide bonds. The summed E-state index contributed by atoms with van der Waals surface area (Å²) in [5.41, 5.74) is 5.20. The third-order valence-electron chi connectivity index (χ3n) is 5.08. The summed E-state index contributed by atoms with van der Waals surface area (Å²) >= 11 is 1.79. The largest absolute Gasteiger partial charge is 0.508 e. The summed E-state index contributed by atoms with van der Waals surface area (Å²) in [6, 6.07) is 26.4. The van der Waals surface area contributed by atoms with Crippen LogP contribution in [0, 0.1) is 0 Å². The van der Waals surface area contributed by atoms with E-state index in [1.165, 1.54) is 20.2 Å². The van der Waals surface area contributed by atoms with E-state index in [0.717, 1.165) is 27.9 Å². The molecule has 27 heavy (non-hydrogen) atoms. The van der Waals surface area contributed by atoms with Crippen LogP contribution in [0.15, 0.2) is 78.9 Å². The maximum Gasteiger partial charge on any atom is 0.156 e. The van der Waals surface area contributed by atoms with Crippen molar-refractivity contribution in [3.8, 4) is 17.0 Å². The minimum atomic E-state index is 0.271. The molecule has 0 atom stereocenters. The summed E-state index contributed by atoms with van der Waals surface area (Å²) in [6.07, 6.45) is 0. The number of hydrogen-bond acceptors (Lipinski definition) is 3. The molecule has 0 unspecified atom stereocenters. The molecule has 1 N–H and O–H groups in total. The maximum atomic E-state index is 9.71. The number of para-hydroxylation sites is 2. The minimum Gasteiger partial charge on any atom is -0.508 e. The van der Waals surface area contributed by atoms with Gasteiger partial charge in [-0.25, -0.2) is 4.98 Å². The molecule has 0 aliphatic rings. The average molecular weight is 366 g/mol. The van der Waals surface area contributed by atoms with Crippen LogP contribution in [0.1, 0.15) is 0 Å². The molecule has 3 heterocycles. The van der Waals surface area contributed by atoms with Crippen molar-refractivity contribution >= 4 is 48.2 Å². The van der Waals surface area contributed by atoms with Gasteiger partial charge in [-0.2, -0.15) is 0 Å². The zero-order chi connectivity index (χ0) is 18.0. The highest BCUT2D eigenvalue weighted by atomic mass is 32.1. The molecule has 4 heteroatoms. The van der Waals surface area contributed by atoms with Gasteiger partial charge in [0.05, 0.1) is 21.4 Å². The van der Waals surface area contributed by atoms with Crippen molar-refractivity contribution in [3.63, 3.8) is 0 Å². The van der Waals surface area contributed by atoms with E-state index in [1.807, 2.05) is 24.3 Å². The quantitative estimate of drug-likeness (QED) is 0.375. The van der Waals surface area contributed by atoms with E-state index in [9.17, 15) is 5.11 Å². The Bertz CT molecular complexity index is 1480. The maximum absolute atomic E-state index is 9.71. The van der Waals surface area contributed by atoms with Crippen LogP contribution in [0.3, 0.4) is 0 Å². The zero-order valence-corrected chi connectivity index (χ0v) is 15.1. The van der Waals surface area contributed by atoms with E-state index in [4.69, 9.17) is 4.98 Å². The van der Waals surface area contributed by atoms with Crippen LogP contribution in [0.2, 0.25) is 0 Å². The second kappa shape index (κ2) is 5.32. The van der Waals surface area contributed by atoms with E-state index in [-0.39, 0.29) is 5.75 Å². The van der Waals surface area contributed by atoms with E-state index < -0.39 is 0 Å². The first kappa shape index (κ1) is 14.8. The van der Waals surface area contributed by atoms with Crippen molar-refractivity contribution in [2.75, 3.05) is 0 Å². The van der Waals surface area contributed by atoms with Gasteiger partial charge in [-0.15, -0.1) is 11.3 Å². The lowest BCUT2D eigenvalue weighted by Gasteiger charge is -2.09. The second-order valence-corrected chi connectivity index (χ2v) is 7.73.